The number of epoxide rings is 1. The Hall–Kier alpha value is -0.910. The average molecular weight is 477 g/mol. The van der Waals surface area contributed by atoms with Crippen LogP contribution in [0.1, 0.15) is 38.5 Å². The first-order chi connectivity index (χ1) is 14.8. The van der Waals surface area contributed by atoms with Crippen LogP contribution in [-0.2, 0) is 14.3 Å². The van der Waals surface area contributed by atoms with Gasteiger partial charge in [-0.1, -0.05) is 36.2 Å². The summed E-state index contributed by atoms with van der Waals surface area (Å²) in [5.41, 5.74) is -2.33. The molecule has 0 saturated carbocycles. The van der Waals surface area contributed by atoms with E-state index in [-0.39, 0.29) is 11.5 Å². The van der Waals surface area contributed by atoms with Gasteiger partial charge in [-0.3, -0.25) is 4.79 Å². The predicted octanol–water partition coefficient (Wildman–Crippen LogP) is 1.85. The molecule has 31 heavy (non-hydrogen) atoms. The Morgan fingerprint density at radius 1 is 1.19 bits per heavy atom. The molecule has 8 nitrogen and oxygen atoms in total. The molecule has 2 aliphatic rings. The molecule has 3 rings (SSSR count). The van der Waals surface area contributed by atoms with Crippen LogP contribution in [-0.4, -0.2) is 74.4 Å². The molecule has 2 heterocycles. The quantitative estimate of drug-likeness (QED) is 0.215. The molecular formula is C21H29ClO8S. The maximum absolute atomic E-state index is 12.6. The Balaban J connectivity index is 1.32. The normalized spacial score (nSPS) is 31.3. The number of hydrogen-bond acceptors (Lipinski definition) is 9. The summed E-state index contributed by atoms with van der Waals surface area (Å²) in [6.45, 7) is 0.899. The standard InChI is InChI=1S/C21H29ClO8S/c22-13-5-7-14(8-6-13)28-10-4-2-1-3-9-21(12-29-21)20(27)31-19(26)18-17(25)15(23)11-16(24)30-18/h5-8,15-19,23-26H,1-4,9-12H2. The van der Waals surface area contributed by atoms with Crippen LogP contribution in [0.25, 0.3) is 0 Å². The highest BCUT2D eigenvalue weighted by atomic mass is 35.5. The van der Waals surface area contributed by atoms with Crippen LogP contribution in [0.3, 0.4) is 0 Å². The van der Waals surface area contributed by atoms with Crippen LogP contribution < -0.4 is 4.74 Å². The largest absolute Gasteiger partial charge is 0.494 e. The highest BCUT2D eigenvalue weighted by Gasteiger charge is 2.53. The van der Waals surface area contributed by atoms with Crippen LogP contribution in [0.4, 0.5) is 0 Å². The Morgan fingerprint density at radius 3 is 2.55 bits per heavy atom. The number of ether oxygens (including phenoxy) is 3. The van der Waals surface area contributed by atoms with Gasteiger partial charge in [0.1, 0.15) is 23.4 Å². The Kier molecular flexibility index (Phi) is 9.01. The fourth-order valence-corrected chi connectivity index (χ4v) is 4.58. The van der Waals surface area contributed by atoms with E-state index in [0.29, 0.717) is 36.4 Å². The minimum Gasteiger partial charge on any atom is -0.494 e. The molecule has 0 radical (unpaired) electrons. The third-order valence-electron chi connectivity index (χ3n) is 5.42. The van der Waals surface area contributed by atoms with Gasteiger partial charge in [0.25, 0.3) is 0 Å². The zero-order valence-corrected chi connectivity index (χ0v) is 18.6. The number of aliphatic hydroxyl groups excluding tert-OH is 4. The lowest BCUT2D eigenvalue weighted by molar-refractivity contribution is -0.243. The van der Waals surface area contributed by atoms with Crippen molar-refractivity contribution in [1.29, 1.82) is 0 Å². The van der Waals surface area contributed by atoms with Crippen molar-refractivity contribution in [2.24, 2.45) is 0 Å². The molecule has 2 aliphatic heterocycles. The first kappa shape index (κ1) is 24.7. The van der Waals surface area contributed by atoms with Crippen LogP contribution in [0.2, 0.25) is 5.02 Å². The lowest BCUT2D eigenvalue weighted by Gasteiger charge is -2.36. The van der Waals surface area contributed by atoms with Crippen molar-refractivity contribution in [2.75, 3.05) is 13.2 Å². The zero-order chi connectivity index (χ0) is 22.4. The molecular weight excluding hydrogens is 448 g/mol. The van der Waals surface area contributed by atoms with Gasteiger partial charge in [-0.2, -0.15) is 0 Å². The number of benzene rings is 1. The van der Waals surface area contributed by atoms with Crippen molar-refractivity contribution in [2.45, 2.75) is 74.2 Å². The molecule has 2 fully saturated rings. The van der Waals surface area contributed by atoms with Crippen molar-refractivity contribution >= 4 is 28.5 Å². The molecule has 0 aliphatic carbocycles. The molecule has 4 N–H and O–H groups in total. The fraction of sp³-hybridized carbons (Fsp3) is 0.667. The van der Waals surface area contributed by atoms with E-state index in [1.807, 2.05) is 12.1 Å². The van der Waals surface area contributed by atoms with Crippen molar-refractivity contribution in [1.82, 2.24) is 0 Å². The van der Waals surface area contributed by atoms with Gasteiger partial charge >= 0.3 is 0 Å². The Morgan fingerprint density at radius 2 is 1.87 bits per heavy atom. The van der Waals surface area contributed by atoms with Gasteiger partial charge < -0.3 is 34.6 Å². The monoisotopic (exact) mass is 476 g/mol. The molecule has 6 unspecified atom stereocenters. The van der Waals surface area contributed by atoms with Gasteiger partial charge in [0.05, 0.1) is 19.3 Å². The van der Waals surface area contributed by atoms with E-state index >= 15 is 0 Å². The van der Waals surface area contributed by atoms with Crippen molar-refractivity contribution in [3.8, 4) is 5.75 Å². The maximum atomic E-state index is 12.6. The van der Waals surface area contributed by atoms with Crippen LogP contribution >= 0.6 is 23.4 Å². The van der Waals surface area contributed by atoms with E-state index in [1.165, 1.54) is 0 Å². The Labute approximate surface area is 190 Å². The summed E-state index contributed by atoms with van der Waals surface area (Å²) in [5.74, 6) is 0.781. The third kappa shape index (κ3) is 7.03. The van der Waals surface area contributed by atoms with E-state index in [4.69, 9.17) is 25.8 Å². The number of carbonyl (C=O) groups is 1. The molecule has 10 heteroatoms. The number of hydrogen-bond donors (Lipinski definition) is 4. The van der Waals surface area contributed by atoms with Crippen LogP contribution in [0.5, 0.6) is 5.75 Å². The van der Waals surface area contributed by atoms with E-state index in [1.54, 1.807) is 12.1 Å². The van der Waals surface area contributed by atoms with Gasteiger partial charge in [-0.15, -0.1) is 0 Å². The second-order valence-corrected chi connectivity index (χ2v) is 9.42. The van der Waals surface area contributed by atoms with E-state index in [9.17, 15) is 25.2 Å². The third-order valence-corrected chi connectivity index (χ3v) is 6.77. The topological polar surface area (TPSA) is 129 Å². The molecule has 2 saturated heterocycles. The van der Waals surface area contributed by atoms with Crippen LogP contribution in [0, 0.1) is 0 Å². The van der Waals surface area contributed by atoms with E-state index < -0.39 is 35.6 Å². The van der Waals surface area contributed by atoms with Crippen LogP contribution in [0.15, 0.2) is 24.3 Å². The summed E-state index contributed by atoms with van der Waals surface area (Å²) in [6.07, 6.45) is -1.23. The van der Waals surface area contributed by atoms with Gasteiger partial charge in [-0.05, 0) is 43.5 Å². The summed E-state index contributed by atoms with van der Waals surface area (Å²) >= 11 is 6.45. The number of unbranched alkanes of at least 4 members (excludes halogenated alkanes) is 3. The second-order valence-electron chi connectivity index (χ2n) is 7.89. The van der Waals surface area contributed by atoms with Gasteiger partial charge in [0, 0.05) is 11.4 Å². The molecule has 0 bridgehead atoms. The number of halogens is 1. The minimum atomic E-state index is -1.42. The molecule has 0 amide bonds. The maximum Gasteiger partial charge on any atom is 0.225 e. The summed E-state index contributed by atoms with van der Waals surface area (Å²) in [5, 5.41) is 39.9. The highest BCUT2D eigenvalue weighted by molar-refractivity contribution is 8.14. The minimum absolute atomic E-state index is 0.152. The number of aliphatic hydroxyl groups is 4. The van der Waals surface area contributed by atoms with Crippen molar-refractivity contribution in [3.63, 3.8) is 0 Å². The summed E-state index contributed by atoms with van der Waals surface area (Å²) in [6, 6.07) is 7.21. The van der Waals surface area contributed by atoms with Crippen molar-refractivity contribution < 1.29 is 39.4 Å². The SMILES string of the molecule is O=C(SC(O)C1OC(O)CC(O)C1O)C1(CCCCCCOc2ccc(Cl)cc2)CO1. The summed E-state index contributed by atoms with van der Waals surface area (Å²) in [7, 11) is 0. The average Bonchev–Trinajstić information content (AvgIpc) is 3.52. The lowest BCUT2D eigenvalue weighted by Crippen LogP contribution is -2.52. The zero-order valence-electron chi connectivity index (χ0n) is 17.1. The fourth-order valence-electron chi connectivity index (χ4n) is 3.44. The van der Waals surface area contributed by atoms with E-state index in [0.717, 1.165) is 31.4 Å². The Bertz CT molecular complexity index is 714. The summed E-state index contributed by atoms with van der Waals surface area (Å²) < 4.78 is 16.1. The predicted molar refractivity (Wildman–Crippen MR) is 115 cm³/mol. The van der Waals surface area contributed by atoms with Gasteiger partial charge in [0.2, 0.25) is 5.12 Å². The number of carbonyl (C=O) groups excluding carboxylic acids is 1. The van der Waals surface area contributed by atoms with Gasteiger partial charge in [-0.25, -0.2) is 0 Å². The highest BCUT2D eigenvalue weighted by Crippen LogP contribution is 2.40. The molecule has 1 aromatic rings. The first-order valence-corrected chi connectivity index (χ1v) is 11.7. The summed E-state index contributed by atoms with van der Waals surface area (Å²) in [4.78, 5) is 12.6. The molecule has 0 aromatic heterocycles. The first-order valence-electron chi connectivity index (χ1n) is 10.4. The van der Waals surface area contributed by atoms with E-state index in [2.05, 4.69) is 0 Å². The molecule has 1 aromatic carbocycles. The smallest absolute Gasteiger partial charge is 0.225 e. The van der Waals surface area contributed by atoms with Crippen molar-refractivity contribution in [3.05, 3.63) is 29.3 Å². The number of rotatable bonds is 11. The van der Waals surface area contributed by atoms with Gasteiger partial charge in [0.15, 0.2) is 11.9 Å². The molecule has 6 atom stereocenters. The lowest BCUT2D eigenvalue weighted by atomic mass is 10.0. The second kappa shape index (κ2) is 11.3. The number of thioether (sulfide) groups is 1. The molecule has 0 spiro atoms. The molecule has 174 valence electrons.